The van der Waals surface area contributed by atoms with Crippen LogP contribution < -0.4 is 5.32 Å². The zero-order valence-electron chi connectivity index (χ0n) is 11.3. The molecule has 2 aromatic rings. The van der Waals surface area contributed by atoms with Gasteiger partial charge >= 0.3 is 0 Å². The predicted molar refractivity (Wildman–Crippen MR) is 75.9 cm³/mol. The summed E-state index contributed by atoms with van der Waals surface area (Å²) in [7, 11) is 0. The van der Waals surface area contributed by atoms with Gasteiger partial charge in [0.15, 0.2) is 5.76 Å². The molecule has 0 radical (unpaired) electrons. The van der Waals surface area contributed by atoms with Crippen molar-refractivity contribution >= 4 is 11.6 Å². The molecule has 0 aliphatic carbocycles. The highest BCUT2D eigenvalue weighted by Gasteiger charge is 2.11. The number of hydrogen-bond acceptors (Lipinski definition) is 2. The van der Waals surface area contributed by atoms with Crippen molar-refractivity contribution in [1.29, 1.82) is 0 Å². The van der Waals surface area contributed by atoms with E-state index >= 15 is 0 Å². The van der Waals surface area contributed by atoms with Crippen LogP contribution in [0, 0.1) is 5.82 Å². The second-order valence-corrected chi connectivity index (χ2v) is 5.09. The van der Waals surface area contributed by atoms with Crippen molar-refractivity contribution in [3.05, 3.63) is 46.9 Å². The average molecular weight is 299 g/mol. The maximum atomic E-state index is 13.1. The van der Waals surface area contributed by atoms with Crippen molar-refractivity contribution in [2.45, 2.75) is 25.9 Å². The number of rotatable bonds is 6. The first-order valence-corrected chi connectivity index (χ1v) is 7.00. The molecule has 0 saturated carbocycles. The number of aliphatic hydroxyl groups is 1. The number of nitrogens with two attached hydrogens (primary N) is 1. The van der Waals surface area contributed by atoms with Gasteiger partial charge in [0, 0.05) is 5.56 Å². The molecule has 5 heteroatoms. The Morgan fingerprint density at radius 3 is 2.80 bits per heavy atom. The van der Waals surface area contributed by atoms with Crippen LogP contribution >= 0.6 is 11.6 Å². The molecule has 108 valence electrons. The maximum Gasteiger partial charge on any atom is 0.158 e. The minimum absolute atomic E-state index is 0.0818. The fourth-order valence-corrected chi connectivity index (χ4v) is 2.13. The summed E-state index contributed by atoms with van der Waals surface area (Å²) in [5, 5.41) is 11.3. The van der Waals surface area contributed by atoms with Crippen LogP contribution in [0.2, 0.25) is 5.02 Å². The number of halogens is 2. The highest BCUT2D eigenvalue weighted by atomic mass is 35.5. The molecule has 3 nitrogen and oxygen atoms in total. The van der Waals surface area contributed by atoms with E-state index in [-0.39, 0.29) is 17.7 Å². The van der Waals surface area contributed by atoms with Crippen LogP contribution in [0.1, 0.15) is 19.1 Å². The van der Waals surface area contributed by atoms with E-state index in [1.54, 1.807) is 12.1 Å². The predicted octanol–water partition coefficient (Wildman–Crippen LogP) is 2.57. The third kappa shape index (κ3) is 3.60. The van der Waals surface area contributed by atoms with Crippen molar-refractivity contribution in [2.75, 3.05) is 6.61 Å². The van der Waals surface area contributed by atoms with E-state index in [1.165, 1.54) is 6.07 Å². The lowest BCUT2D eigenvalue weighted by atomic mass is 10.2. The summed E-state index contributed by atoms with van der Waals surface area (Å²) in [6.45, 7) is 2.84. The van der Waals surface area contributed by atoms with Crippen LogP contribution in [0.5, 0.6) is 0 Å². The summed E-state index contributed by atoms with van der Waals surface area (Å²) < 4.78 is 18.8. The van der Waals surface area contributed by atoms with Crippen molar-refractivity contribution in [3.8, 4) is 11.3 Å². The number of benzene rings is 1. The molecule has 1 aromatic carbocycles. The van der Waals surface area contributed by atoms with E-state index in [1.807, 2.05) is 24.4 Å². The van der Waals surface area contributed by atoms with E-state index in [0.29, 0.717) is 12.3 Å². The summed E-state index contributed by atoms with van der Waals surface area (Å²) in [6.07, 6.45) is 0.900. The van der Waals surface area contributed by atoms with Gasteiger partial charge in [-0.3, -0.25) is 0 Å². The first-order chi connectivity index (χ1) is 9.63. The van der Waals surface area contributed by atoms with Gasteiger partial charge in [-0.05, 0) is 36.8 Å². The van der Waals surface area contributed by atoms with E-state index in [2.05, 4.69) is 0 Å². The molecular weight excluding hydrogens is 281 g/mol. The second kappa shape index (κ2) is 6.88. The topological polar surface area (TPSA) is 50.0 Å². The number of furan rings is 1. The highest BCUT2D eigenvalue weighted by molar-refractivity contribution is 6.31. The summed E-state index contributed by atoms with van der Waals surface area (Å²) in [5.41, 5.74) is 0.747. The average Bonchev–Trinajstić information content (AvgIpc) is 2.92. The minimum atomic E-state index is -0.440. The molecule has 0 amide bonds. The van der Waals surface area contributed by atoms with Crippen LogP contribution in [-0.4, -0.2) is 17.8 Å². The Bertz CT molecular complexity index is 567. The maximum absolute atomic E-state index is 13.1. The molecule has 0 spiro atoms. The Balaban J connectivity index is 2.06. The quantitative estimate of drug-likeness (QED) is 0.861. The molecule has 2 rings (SSSR count). The lowest BCUT2D eigenvalue weighted by Crippen LogP contribution is -2.89. The normalized spacial score (nSPS) is 12.6. The van der Waals surface area contributed by atoms with Gasteiger partial charge in [-0.25, -0.2) is 4.39 Å². The molecule has 1 heterocycles. The number of quaternary nitrogens is 1. The molecule has 20 heavy (non-hydrogen) atoms. The summed E-state index contributed by atoms with van der Waals surface area (Å²) in [5.74, 6) is 1.03. The van der Waals surface area contributed by atoms with Gasteiger partial charge in [-0.1, -0.05) is 18.5 Å². The summed E-state index contributed by atoms with van der Waals surface area (Å²) in [4.78, 5) is 0. The lowest BCUT2D eigenvalue weighted by molar-refractivity contribution is -0.707. The monoisotopic (exact) mass is 298 g/mol. The standard InChI is InChI=1S/C15H17ClFNO2/c1-2-11(9-19)18-8-12-4-6-15(20-12)10-3-5-14(17)13(16)7-10/h3-7,11,18-19H,2,8-9H2,1H3/p+1/t11-/m1/s1. The fraction of sp³-hybridized carbons (Fsp3) is 0.333. The first kappa shape index (κ1) is 15.0. The van der Waals surface area contributed by atoms with Crippen LogP contribution in [0.4, 0.5) is 4.39 Å². The third-order valence-electron chi connectivity index (χ3n) is 3.28. The first-order valence-electron chi connectivity index (χ1n) is 6.62. The van der Waals surface area contributed by atoms with Gasteiger partial charge in [0.25, 0.3) is 0 Å². The van der Waals surface area contributed by atoms with Gasteiger partial charge in [0.2, 0.25) is 0 Å². The Labute approximate surface area is 122 Å². The van der Waals surface area contributed by atoms with Crippen LogP contribution in [0.3, 0.4) is 0 Å². The van der Waals surface area contributed by atoms with Crippen molar-refractivity contribution in [3.63, 3.8) is 0 Å². The Morgan fingerprint density at radius 2 is 2.15 bits per heavy atom. The van der Waals surface area contributed by atoms with E-state index in [4.69, 9.17) is 21.1 Å². The molecule has 0 aliphatic heterocycles. The van der Waals surface area contributed by atoms with Gasteiger partial charge in [0.05, 0.1) is 11.6 Å². The molecule has 0 aliphatic rings. The molecule has 1 aromatic heterocycles. The largest absolute Gasteiger partial charge is 0.455 e. The molecular formula is C15H18ClFNO2+. The van der Waals surface area contributed by atoms with Crippen LogP contribution in [0.25, 0.3) is 11.3 Å². The van der Waals surface area contributed by atoms with E-state index in [0.717, 1.165) is 17.7 Å². The van der Waals surface area contributed by atoms with Gasteiger partial charge in [0.1, 0.15) is 24.2 Å². The Morgan fingerprint density at radius 1 is 1.35 bits per heavy atom. The SMILES string of the molecule is CC[C@H](CO)[NH2+]Cc1ccc(-c2ccc(F)c(Cl)c2)o1. The van der Waals surface area contributed by atoms with Gasteiger partial charge in [-0.15, -0.1) is 0 Å². The van der Waals surface area contributed by atoms with Crippen molar-refractivity contribution in [2.24, 2.45) is 0 Å². The third-order valence-corrected chi connectivity index (χ3v) is 3.57. The Hall–Kier alpha value is -1.36. The van der Waals surface area contributed by atoms with Crippen molar-refractivity contribution in [1.82, 2.24) is 0 Å². The van der Waals surface area contributed by atoms with E-state index in [9.17, 15) is 4.39 Å². The zero-order chi connectivity index (χ0) is 14.5. The number of hydrogen-bond donors (Lipinski definition) is 2. The highest BCUT2D eigenvalue weighted by Crippen LogP contribution is 2.26. The minimum Gasteiger partial charge on any atom is -0.455 e. The van der Waals surface area contributed by atoms with Gasteiger partial charge in [-0.2, -0.15) is 0 Å². The molecule has 0 bridgehead atoms. The molecule has 1 atom stereocenters. The second-order valence-electron chi connectivity index (χ2n) is 4.69. The molecule has 0 unspecified atom stereocenters. The summed E-state index contributed by atoms with van der Waals surface area (Å²) >= 11 is 5.76. The Kier molecular flexibility index (Phi) is 5.17. The van der Waals surface area contributed by atoms with Crippen molar-refractivity contribution < 1.29 is 19.2 Å². The molecule has 3 N–H and O–H groups in total. The lowest BCUT2D eigenvalue weighted by Gasteiger charge is -2.08. The molecule has 0 saturated heterocycles. The van der Waals surface area contributed by atoms with Gasteiger partial charge < -0.3 is 14.8 Å². The van der Waals surface area contributed by atoms with Crippen LogP contribution in [-0.2, 0) is 6.54 Å². The van der Waals surface area contributed by atoms with E-state index < -0.39 is 5.82 Å². The summed E-state index contributed by atoms with van der Waals surface area (Å²) in [6, 6.07) is 8.41. The number of aliphatic hydroxyl groups excluding tert-OH is 1. The van der Waals surface area contributed by atoms with Crippen LogP contribution in [0.15, 0.2) is 34.7 Å². The fourth-order valence-electron chi connectivity index (χ4n) is 1.95. The molecule has 0 fully saturated rings. The smallest absolute Gasteiger partial charge is 0.158 e. The zero-order valence-corrected chi connectivity index (χ0v) is 12.0.